The molecule has 0 aromatic carbocycles. The minimum absolute atomic E-state index is 0.0679. The van der Waals surface area contributed by atoms with Gasteiger partial charge in [-0.1, -0.05) is 61.2 Å². The second kappa shape index (κ2) is 12.9. The molecule has 1 N–H and O–H groups in total. The summed E-state index contributed by atoms with van der Waals surface area (Å²) in [5.41, 5.74) is -1.16. The van der Waals surface area contributed by atoms with Crippen LogP contribution in [0.15, 0.2) is 25.3 Å². The van der Waals surface area contributed by atoms with Crippen LogP contribution in [0.1, 0.15) is 71.6 Å². The summed E-state index contributed by atoms with van der Waals surface area (Å²) in [4.78, 5) is 45.7. The van der Waals surface area contributed by atoms with E-state index in [-0.39, 0.29) is 41.8 Å². The number of likely N-dealkylation sites (tertiary alicyclic amines) is 1. The molecule has 2 bridgehead atoms. The third-order valence-corrected chi connectivity index (χ3v) is 9.85. The van der Waals surface area contributed by atoms with Crippen molar-refractivity contribution in [2.75, 3.05) is 19.8 Å². The number of nitrogens with zero attached hydrogens (tertiary/aromatic N) is 2. The average Bonchev–Trinajstić information content (AvgIpc) is 3.51. The van der Waals surface area contributed by atoms with Gasteiger partial charge in [0.2, 0.25) is 11.8 Å². The Kier molecular flexibility index (Phi) is 9.97. The topological polar surface area (TPSA) is 96.4 Å². The maximum Gasteiger partial charge on any atom is 0.312 e. The fourth-order valence-corrected chi connectivity index (χ4v) is 8.38. The summed E-state index contributed by atoms with van der Waals surface area (Å²) in [6.45, 7) is 12.0. The first-order valence-electron chi connectivity index (χ1n) is 14.7. The first-order chi connectivity index (χ1) is 18.7. The number of aliphatic hydroxyl groups is 1. The summed E-state index contributed by atoms with van der Waals surface area (Å²) in [5, 5.41) is 10.5. The molecule has 39 heavy (non-hydrogen) atoms. The van der Waals surface area contributed by atoms with Crippen molar-refractivity contribution in [3.63, 3.8) is 0 Å². The molecule has 9 heteroatoms. The largest absolute Gasteiger partial charge is 0.465 e. The highest BCUT2D eigenvalue weighted by Gasteiger charge is 2.77. The fraction of sp³-hybridized carbons (Fsp3) is 0.767. The number of hydrogen-bond acceptors (Lipinski definition) is 6. The summed E-state index contributed by atoms with van der Waals surface area (Å²) in [6, 6.07) is -1.40. The lowest BCUT2D eigenvalue weighted by Crippen LogP contribution is -2.60. The second-order valence-electron chi connectivity index (χ2n) is 12.0. The molecule has 0 radical (unpaired) electrons. The molecule has 4 aliphatic rings. The van der Waals surface area contributed by atoms with Gasteiger partial charge in [-0.25, -0.2) is 0 Å². The van der Waals surface area contributed by atoms with Gasteiger partial charge in [0.05, 0.1) is 37.2 Å². The molecule has 2 amide bonds. The number of hydrogen-bond donors (Lipinski definition) is 1. The maximum atomic E-state index is 14.6. The van der Waals surface area contributed by atoms with Crippen LogP contribution in [0, 0.1) is 17.8 Å². The first-order valence-corrected chi connectivity index (χ1v) is 15.6. The Labute approximate surface area is 241 Å². The number of fused-ring (bicyclic) bond motifs is 1. The number of alkyl halides is 1. The second-order valence-corrected chi connectivity index (χ2v) is 13.2. The van der Waals surface area contributed by atoms with Crippen LogP contribution in [0.3, 0.4) is 0 Å². The van der Waals surface area contributed by atoms with E-state index in [2.05, 4.69) is 29.1 Å². The van der Waals surface area contributed by atoms with Crippen LogP contribution in [-0.4, -0.2) is 87.1 Å². The van der Waals surface area contributed by atoms with Crippen LogP contribution in [-0.2, 0) is 23.9 Å². The lowest BCUT2D eigenvalue weighted by Gasteiger charge is -2.42. The lowest BCUT2D eigenvalue weighted by atomic mass is 9.70. The van der Waals surface area contributed by atoms with Gasteiger partial charge >= 0.3 is 5.97 Å². The van der Waals surface area contributed by atoms with E-state index >= 15 is 0 Å². The summed E-state index contributed by atoms with van der Waals surface area (Å²) in [5.74, 6) is -2.35. The number of halogens is 1. The summed E-state index contributed by atoms with van der Waals surface area (Å²) >= 11 is 3.72. The van der Waals surface area contributed by atoms with Crippen molar-refractivity contribution in [3.05, 3.63) is 25.3 Å². The highest BCUT2D eigenvalue weighted by Crippen LogP contribution is 2.61. The Bertz CT molecular complexity index is 936. The van der Waals surface area contributed by atoms with Crippen LogP contribution in [0.2, 0.25) is 0 Å². The molecule has 3 unspecified atom stereocenters. The van der Waals surface area contributed by atoms with Gasteiger partial charge in [-0.05, 0) is 44.4 Å². The quantitative estimate of drug-likeness (QED) is 0.147. The monoisotopic (exact) mass is 608 g/mol. The number of carbonyl (C=O) groups excluding carboxylic acids is 3. The summed E-state index contributed by atoms with van der Waals surface area (Å²) < 4.78 is 12.3. The van der Waals surface area contributed by atoms with E-state index in [0.717, 1.165) is 38.5 Å². The lowest BCUT2D eigenvalue weighted by molar-refractivity contribution is -0.157. The minimum atomic E-state index is -1.16. The highest BCUT2D eigenvalue weighted by molar-refractivity contribution is 9.09. The smallest absolute Gasteiger partial charge is 0.312 e. The van der Waals surface area contributed by atoms with Gasteiger partial charge in [-0.3, -0.25) is 14.4 Å². The molecule has 3 saturated heterocycles. The molecule has 218 valence electrons. The zero-order valence-electron chi connectivity index (χ0n) is 23.4. The molecule has 3 aliphatic heterocycles. The van der Waals surface area contributed by atoms with E-state index in [0.29, 0.717) is 25.8 Å². The van der Waals surface area contributed by atoms with E-state index in [4.69, 9.17) is 9.47 Å². The maximum absolute atomic E-state index is 14.6. The summed E-state index contributed by atoms with van der Waals surface area (Å²) in [6.07, 6.45) is 10.4. The van der Waals surface area contributed by atoms with Crippen LogP contribution in [0.5, 0.6) is 0 Å². The zero-order valence-corrected chi connectivity index (χ0v) is 25.0. The Hall–Kier alpha value is -1.71. The molecule has 0 aromatic heterocycles. The van der Waals surface area contributed by atoms with Gasteiger partial charge in [-0.2, -0.15) is 0 Å². The molecule has 8 nitrogen and oxygen atoms in total. The van der Waals surface area contributed by atoms with E-state index < -0.39 is 41.6 Å². The van der Waals surface area contributed by atoms with Crippen LogP contribution < -0.4 is 0 Å². The van der Waals surface area contributed by atoms with Gasteiger partial charge in [-0.15, -0.1) is 13.2 Å². The van der Waals surface area contributed by atoms with Gasteiger partial charge in [0.1, 0.15) is 11.6 Å². The van der Waals surface area contributed by atoms with Gasteiger partial charge in [0.25, 0.3) is 0 Å². The van der Waals surface area contributed by atoms with E-state index in [1.54, 1.807) is 17.1 Å². The van der Waals surface area contributed by atoms with E-state index in [1.807, 2.05) is 18.7 Å². The Morgan fingerprint density at radius 2 is 1.97 bits per heavy atom. The predicted octanol–water partition coefficient (Wildman–Crippen LogP) is 4.00. The minimum Gasteiger partial charge on any atom is -0.465 e. The number of esters is 1. The number of amides is 2. The SMILES string of the molecule is C=CCCCOC(=O)[C@H]1[C@@H]2OC3(CC2Br)C(C(=O)N(CC=C)C2CCCCC2)N([C@@H](CO)CC(C)C)C(=O)[C@H]13. The number of rotatable bonds is 13. The molecule has 7 atom stereocenters. The molecule has 3 heterocycles. The zero-order chi connectivity index (χ0) is 28.3. The Morgan fingerprint density at radius 1 is 1.26 bits per heavy atom. The fourth-order valence-electron chi connectivity index (χ4n) is 7.43. The van der Waals surface area contributed by atoms with Crippen molar-refractivity contribution in [2.24, 2.45) is 17.8 Å². The number of aliphatic hydroxyl groups excluding tert-OH is 1. The molecular formula is C30H45BrN2O6. The Balaban J connectivity index is 1.74. The standard InChI is InChI=1S/C30H45BrN2O6/c1-5-7-11-15-38-29(37)23-24-27(35)33(21(18-34)16-19(3)4)26(30(24)17-22(31)25(23)39-30)28(36)32(14-6-2)20-12-9-8-10-13-20/h5-6,19-26,34H,1-2,7-18H2,3-4H3/t21-,22?,23-,24+,25-,26?,30?/m1/s1. The number of allylic oxidation sites excluding steroid dienone is 1. The van der Waals surface area contributed by atoms with Crippen molar-refractivity contribution in [3.8, 4) is 0 Å². The van der Waals surface area contributed by atoms with Crippen LogP contribution >= 0.6 is 15.9 Å². The molecule has 1 spiro atoms. The molecule has 1 saturated carbocycles. The first kappa shape index (κ1) is 30.3. The molecule has 1 aliphatic carbocycles. The molecular weight excluding hydrogens is 564 g/mol. The van der Waals surface area contributed by atoms with Gasteiger partial charge in [0.15, 0.2) is 0 Å². The third kappa shape index (κ3) is 5.60. The van der Waals surface area contributed by atoms with Crippen molar-refractivity contribution in [2.45, 2.75) is 106 Å². The molecule has 0 aromatic rings. The average molecular weight is 610 g/mol. The molecule has 4 rings (SSSR count). The Morgan fingerprint density at radius 3 is 2.59 bits per heavy atom. The van der Waals surface area contributed by atoms with Crippen molar-refractivity contribution in [1.82, 2.24) is 9.80 Å². The van der Waals surface area contributed by atoms with Gasteiger partial charge in [0, 0.05) is 17.4 Å². The highest BCUT2D eigenvalue weighted by atomic mass is 79.9. The predicted molar refractivity (Wildman–Crippen MR) is 152 cm³/mol. The van der Waals surface area contributed by atoms with Crippen molar-refractivity contribution >= 4 is 33.7 Å². The van der Waals surface area contributed by atoms with Gasteiger partial charge < -0.3 is 24.4 Å². The normalized spacial score (nSPS) is 32.8. The number of unbranched alkanes of at least 4 members (excludes halogenated alkanes) is 1. The van der Waals surface area contributed by atoms with E-state index in [9.17, 15) is 19.5 Å². The van der Waals surface area contributed by atoms with Crippen molar-refractivity contribution in [1.29, 1.82) is 0 Å². The number of ether oxygens (including phenoxy) is 2. The van der Waals surface area contributed by atoms with Crippen LogP contribution in [0.25, 0.3) is 0 Å². The third-order valence-electron chi connectivity index (χ3n) is 9.00. The number of carbonyl (C=O) groups is 3. The van der Waals surface area contributed by atoms with Crippen LogP contribution in [0.4, 0.5) is 0 Å². The van der Waals surface area contributed by atoms with E-state index in [1.165, 1.54) is 0 Å². The van der Waals surface area contributed by atoms with Crippen molar-refractivity contribution < 1.29 is 29.0 Å². The summed E-state index contributed by atoms with van der Waals surface area (Å²) in [7, 11) is 0. The molecule has 4 fully saturated rings.